The SMILES string of the molecule is Cc1ccc(S(=O)(=O)N2CCN(Cc3nnc(-c4ccc(F)cc4)o3)CC2)cc1C. The summed E-state index contributed by atoms with van der Waals surface area (Å²) < 4.78 is 46.1. The van der Waals surface area contributed by atoms with E-state index in [0.29, 0.717) is 55.0 Å². The van der Waals surface area contributed by atoms with Gasteiger partial charge < -0.3 is 4.42 Å². The highest BCUT2D eigenvalue weighted by Crippen LogP contribution is 2.22. The first-order valence-corrected chi connectivity index (χ1v) is 11.1. The fourth-order valence-corrected chi connectivity index (χ4v) is 4.88. The van der Waals surface area contributed by atoms with E-state index in [4.69, 9.17) is 4.42 Å². The number of hydrogen-bond donors (Lipinski definition) is 0. The molecule has 0 unspecified atom stereocenters. The summed E-state index contributed by atoms with van der Waals surface area (Å²) >= 11 is 0. The molecule has 0 atom stereocenters. The minimum Gasteiger partial charge on any atom is -0.419 e. The lowest BCUT2D eigenvalue weighted by atomic mass is 10.1. The highest BCUT2D eigenvalue weighted by atomic mass is 32.2. The smallest absolute Gasteiger partial charge is 0.247 e. The molecule has 1 fully saturated rings. The van der Waals surface area contributed by atoms with Crippen LogP contribution in [0.4, 0.5) is 4.39 Å². The standard InChI is InChI=1S/C21H23FN4O3S/c1-15-3-8-19(13-16(15)2)30(27,28)26-11-9-25(10-12-26)14-20-23-24-21(29-20)17-4-6-18(22)7-5-17/h3-8,13H,9-12,14H2,1-2H3. The molecule has 7 nitrogen and oxygen atoms in total. The molecule has 0 amide bonds. The topological polar surface area (TPSA) is 79.5 Å². The van der Waals surface area contributed by atoms with Gasteiger partial charge in [-0.2, -0.15) is 4.31 Å². The zero-order valence-electron chi connectivity index (χ0n) is 16.9. The number of aryl methyl sites for hydroxylation is 2. The van der Waals surface area contributed by atoms with Crippen molar-refractivity contribution >= 4 is 10.0 Å². The van der Waals surface area contributed by atoms with Crippen molar-refractivity contribution in [2.75, 3.05) is 26.2 Å². The van der Waals surface area contributed by atoms with Crippen molar-refractivity contribution in [2.24, 2.45) is 0 Å². The van der Waals surface area contributed by atoms with E-state index in [9.17, 15) is 12.8 Å². The number of halogens is 1. The fourth-order valence-electron chi connectivity index (χ4n) is 3.37. The van der Waals surface area contributed by atoms with Crippen LogP contribution in [0.3, 0.4) is 0 Å². The summed E-state index contributed by atoms with van der Waals surface area (Å²) in [5.74, 6) is 0.452. The Morgan fingerprint density at radius 2 is 1.67 bits per heavy atom. The van der Waals surface area contributed by atoms with Crippen LogP contribution in [-0.4, -0.2) is 54.0 Å². The van der Waals surface area contributed by atoms with Crippen LogP contribution >= 0.6 is 0 Å². The Morgan fingerprint density at radius 1 is 0.967 bits per heavy atom. The van der Waals surface area contributed by atoms with E-state index in [1.165, 1.54) is 16.4 Å². The molecular formula is C21H23FN4O3S. The maximum Gasteiger partial charge on any atom is 0.247 e. The summed E-state index contributed by atoms with van der Waals surface area (Å²) in [6.45, 7) is 6.24. The summed E-state index contributed by atoms with van der Waals surface area (Å²) in [6, 6.07) is 11.1. The van der Waals surface area contributed by atoms with Crippen molar-refractivity contribution in [2.45, 2.75) is 25.3 Å². The molecule has 0 spiro atoms. The fraction of sp³-hybridized carbons (Fsp3) is 0.333. The van der Waals surface area contributed by atoms with Gasteiger partial charge in [0.05, 0.1) is 11.4 Å². The van der Waals surface area contributed by atoms with Crippen LogP contribution in [0.5, 0.6) is 0 Å². The second kappa shape index (κ2) is 8.25. The van der Waals surface area contributed by atoms with Crippen molar-refractivity contribution in [3.63, 3.8) is 0 Å². The van der Waals surface area contributed by atoms with E-state index in [2.05, 4.69) is 15.1 Å². The molecule has 1 saturated heterocycles. The zero-order valence-corrected chi connectivity index (χ0v) is 17.7. The van der Waals surface area contributed by atoms with Crippen LogP contribution in [0, 0.1) is 19.7 Å². The molecule has 0 N–H and O–H groups in total. The van der Waals surface area contributed by atoms with Gasteiger partial charge in [0.25, 0.3) is 0 Å². The van der Waals surface area contributed by atoms with Crippen molar-refractivity contribution in [1.29, 1.82) is 0 Å². The third-order valence-electron chi connectivity index (χ3n) is 5.36. The molecule has 1 aliphatic heterocycles. The average molecular weight is 431 g/mol. The molecule has 2 heterocycles. The number of aromatic nitrogens is 2. The second-order valence-electron chi connectivity index (χ2n) is 7.43. The lowest BCUT2D eigenvalue weighted by Crippen LogP contribution is -2.48. The summed E-state index contributed by atoms with van der Waals surface area (Å²) in [5, 5.41) is 8.08. The van der Waals surface area contributed by atoms with Gasteiger partial charge in [-0.05, 0) is 61.4 Å². The molecular weight excluding hydrogens is 407 g/mol. The van der Waals surface area contributed by atoms with Crippen LogP contribution in [0.1, 0.15) is 17.0 Å². The quantitative estimate of drug-likeness (QED) is 0.619. The highest BCUT2D eigenvalue weighted by Gasteiger charge is 2.29. The number of sulfonamides is 1. The van der Waals surface area contributed by atoms with Gasteiger partial charge in [0.1, 0.15) is 5.82 Å². The summed E-state index contributed by atoms with van der Waals surface area (Å²) in [4.78, 5) is 2.41. The minimum absolute atomic E-state index is 0.327. The number of rotatable bonds is 5. The van der Waals surface area contributed by atoms with E-state index in [-0.39, 0.29) is 5.82 Å². The third kappa shape index (κ3) is 4.28. The molecule has 2 aromatic carbocycles. The predicted octanol–water partition coefficient (Wildman–Crippen LogP) is 3.00. The van der Waals surface area contributed by atoms with Crippen molar-refractivity contribution in [3.8, 4) is 11.5 Å². The minimum atomic E-state index is -3.51. The van der Waals surface area contributed by atoms with E-state index >= 15 is 0 Å². The molecule has 9 heteroatoms. The van der Waals surface area contributed by atoms with Gasteiger partial charge in [0.2, 0.25) is 21.8 Å². The normalized spacial score (nSPS) is 16.1. The number of piperazine rings is 1. The Bertz CT molecular complexity index is 1140. The van der Waals surface area contributed by atoms with Crippen LogP contribution < -0.4 is 0 Å². The monoisotopic (exact) mass is 430 g/mol. The van der Waals surface area contributed by atoms with Crippen LogP contribution in [0.15, 0.2) is 51.8 Å². The molecule has 1 aromatic heterocycles. The van der Waals surface area contributed by atoms with Crippen LogP contribution in [0.25, 0.3) is 11.5 Å². The first-order valence-electron chi connectivity index (χ1n) is 9.71. The molecule has 30 heavy (non-hydrogen) atoms. The summed E-state index contributed by atoms with van der Waals surface area (Å²) in [6.07, 6.45) is 0. The van der Waals surface area contributed by atoms with Gasteiger partial charge in [0.15, 0.2) is 0 Å². The largest absolute Gasteiger partial charge is 0.419 e. The lowest BCUT2D eigenvalue weighted by Gasteiger charge is -2.33. The number of benzene rings is 2. The van der Waals surface area contributed by atoms with Crippen molar-refractivity contribution < 1.29 is 17.2 Å². The van der Waals surface area contributed by atoms with Gasteiger partial charge in [-0.1, -0.05) is 6.07 Å². The van der Waals surface area contributed by atoms with Gasteiger partial charge in [0, 0.05) is 31.7 Å². The maximum absolute atomic E-state index is 13.1. The van der Waals surface area contributed by atoms with E-state index in [1.807, 2.05) is 19.9 Å². The summed E-state index contributed by atoms with van der Waals surface area (Å²) in [5.41, 5.74) is 2.68. The van der Waals surface area contributed by atoms with Gasteiger partial charge >= 0.3 is 0 Å². The van der Waals surface area contributed by atoms with E-state index < -0.39 is 10.0 Å². The van der Waals surface area contributed by atoms with Crippen LogP contribution in [-0.2, 0) is 16.6 Å². The van der Waals surface area contributed by atoms with E-state index in [0.717, 1.165) is 11.1 Å². The molecule has 0 radical (unpaired) electrons. The number of hydrogen-bond acceptors (Lipinski definition) is 6. The molecule has 1 aliphatic rings. The first-order chi connectivity index (χ1) is 14.3. The lowest BCUT2D eigenvalue weighted by molar-refractivity contribution is 0.168. The predicted molar refractivity (Wildman–Crippen MR) is 110 cm³/mol. The van der Waals surface area contributed by atoms with E-state index in [1.54, 1.807) is 24.3 Å². The Hall–Kier alpha value is -2.62. The highest BCUT2D eigenvalue weighted by molar-refractivity contribution is 7.89. The van der Waals surface area contributed by atoms with Gasteiger partial charge in [-0.25, -0.2) is 12.8 Å². The zero-order chi connectivity index (χ0) is 21.3. The molecule has 0 saturated carbocycles. The second-order valence-corrected chi connectivity index (χ2v) is 9.37. The molecule has 3 aromatic rings. The molecule has 4 rings (SSSR count). The summed E-state index contributed by atoms with van der Waals surface area (Å²) in [7, 11) is -3.51. The molecule has 0 aliphatic carbocycles. The third-order valence-corrected chi connectivity index (χ3v) is 7.26. The van der Waals surface area contributed by atoms with Crippen molar-refractivity contribution in [3.05, 3.63) is 65.3 Å². The Balaban J connectivity index is 1.38. The molecule has 0 bridgehead atoms. The maximum atomic E-state index is 13.1. The van der Waals surface area contributed by atoms with Crippen molar-refractivity contribution in [1.82, 2.24) is 19.4 Å². The first kappa shape index (κ1) is 20.6. The Morgan fingerprint density at radius 3 is 2.33 bits per heavy atom. The average Bonchev–Trinajstić information content (AvgIpc) is 3.19. The molecule has 158 valence electrons. The number of nitrogens with zero attached hydrogens (tertiary/aromatic N) is 4. The van der Waals surface area contributed by atoms with Gasteiger partial charge in [-0.3, -0.25) is 4.90 Å². The van der Waals surface area contributed by atoms with Crippen LogP contribution in [0.2, 0.25) is 0 Å². The Labute approximate surface area is 175 Å². The Kier molecular flexibility index (Phi) is 5.68. The van der Waals surface area contributed by atoms with Gasteiger partial charge in [-0.15, -0.1) is 10.2 Å².